The van der Waals surface area contributed by atoms with Gasteiger partial charge >= 0.3 is 0 Å². The van der Waals surface area contributed by atoms with E-state index in [1.165, 1.54) is 0 Å². The van der Waals surface area contributed by atoms with Crippen molar-refractivity contribution < 1.29 is 9.59 Å². The number of hydrogen-bond donors (Lipinski definition) is 2. The molecule has 0 aliphatic rings. The quantitative estimate of drug-likeness (QED) is 0.481. The number of rotatable bonds is 7. The highest BCUT2D eigenvalue weighted by atomic mass is 79.9. The Morgan fingerprint density at radius 1 is 0.935 bits per heavy atom. The standard InChI is InChI=1S/C25H26BrN3O2/c1-17-15-20(26)13-14-22(17)27-24(30)16-29(3)18(2)25(31)28-23-12-8-7-11-21(23)19-9-5-4-6-10-19/h4-15,18H,16H2,1-3H3,(H,27,30)(H,28,31)/t18-/m1/s1. The molecule has 0 saturated heterocycles. The molecule has 0 saturated carbocycles. The Balaban J connectivity index is 1.63. The molecule has 3 rings (SSSR count). The largest absolute Gasteiger partial charge is 0.325 e. The van der Waals surface area contributed by atoms with Crippen molar-refractivity contribution in [1.82, 2.24) is 4.90 Å². The third kappa shape index (κ3) is 6.03. The fourth-order valence-electron chi connectivity index (χ4n) is 3.22. The SMILES string of the molecule is Cc1cc(Br)ccc1NC(=O)CN(C)[C@H](C)C(=O)Nc1ccccc1-c1ccccc1. The maximum Gasteiger partial charge on any atom is 0.241 e. The van der Waals surface area contributed by atoms with Crippen molar-refractivity contribution in [2.75, 3.05) is 24.2 Å². The number of carbonyl (C=O) groups excluding carboxylic acids is 2. The third-order valence-electron chi connectivity index (χ3n) is 5.17. The Morgan fingerprint density at radius 2 is 1.61 bits per heavy atom. The molecular weight excluding hydrogens is 454 g/mol. The second kappa shape index (κ2) is 10.4. The molecule has 0 fully saturated rings. The molecule has 6 heteroatoms. The maximum atomic E-state index is 12.9. The van der Waals surface area contributed by atoms with Crippen molar-refractivity contribution in [3.63, 3.8) is 0 Å². The van der Waals surface area contributed by atoms with E-state index in [0.717, 1.165) is 32.5 Å². The minimum atomic E-state index is -0.486. The summed E-state index contributed by atoms with van der Waals surface area (Å²) >= 11 is 3.42. The number of carbonyl (C=O) groups is 2. The van der Waals surface area contributed by atoms with Gasteiger partial charge < -0.3 is 10.6 Å². The van der Waals surface area contributed by atoms with Crippen molar-refractivity contribution in [2.24, 2.45) is 0 Å². The van der Waals surface area contributed by atoms with E-state index in [0.29, 0.717) is 0 Å². The van der Waals surface area contributed by atoms with Crippen molar-refractivity contribution in [2.45, 2.75) is 19.9 Å². The number of anilines is 2. The van der Waals surface area contributed by atoms with E-state index in [4.69, 9.17) is 0 Å². The summed E-state index contributed by atoms with van der Waals surface area (Å²) in [4.78, 5) is 27.1. The van der Waals surface area contributed by atoms with Gasteiger partial charge in [0.15, 0.2) is 0 Å². The first-order valence-corrected chi connectivity index (χ1v) is 10.9. The second-order valence-corrected chi connectivity index (χ2v) is 8.42. The molecule has 160 valence electrons. The Kier molecular flexibility index (Phi) is 7.60. The summed E-state index contributed by atoms with van der Waals surface area (Å²) in [7, 11) is 1.77. The van der Waals surface area contributed by atoms with Crippen molar-refractivity contribution in [3.05, 3.63) is 82.8 Å². The summed E-state index contributed by atoms with van der Waals surface area (Å²) in [5.41, 5.74) is 4.46. The van der Waals surface area contributed by atoms with E-state index < -0.39 is 6.04 Å². The summed E-state index contributed by atoms with van der Waals surface area (Å²) < 4.78 is 0.959. The van der Waals surface area contributed by atoms with Crippen LogP contribution in [0.3, 0.4) is 0 Å². The molecule has 2 N–H and O–H groups in total. The van der Waals surface area contributed by atoms with Gasteiger partial charge in [-0.3, -0.25) is 14.5 Å². The van der Waals surface area contributed by atoms with Crippen LogP contribution in [0.4, 0.5) is 11.4 Å². The first-order chi connectivity index (χ1) is 14.8. The minimum Gasteiger partial charge on any atom is -0.325 e. The number of aryl methyl sites for hydroxylation is 1. The molecule has 2 amide bonds. The molecule has 0 aromatic heterocycles. The first kappa shape index (κ1) is 22.7. The number of amides is 2. The van der Waals surface area contributed by atoms with E-state index in [9.17, 15) is 9.59 Å². The summed E-state index contributed by atoms with van der Waals surface area (Å²) in [5, 5.41) is 5.92. The van der Waals surface area contributed by atoms with Crippen LogP contribution >= 0.6 is 15.9 Å². The van der Waals surface area contributed by atoms with Gasteiger partial charge in [0.1, 0.15) is 0 Å². The number of para-hydroxylation sites is 1. The van der Waals surface area contributed by atoms with Gasteiger partial charge in [0, 0.05) is 21.4 Å². The van der Waals surface area contributed by atoms with E-state index >= 15 is 0 Å². The van der Waals surface area contributed by atoms with Gasteiger partial charge in [0.2, 0.25) is 11.8 Å². The highest BCUT2D eigenvalue weighted by Crippen LogP contribution is 2.27. The fourth-order valence-corrected chi connectivity index (χ4v) is 3.69. The van der Waals surface area contributed by atoms with Crippen molar-refractivity contribution >= 4 is 39.1 Å². The molecule has 0 spiro atoms. The number of benzene rings is 3. The monoisotopic (exact) mass is 479 g/mol. The fraction of sp³-hybridized carbons (Fsp3) is 0.200. The molecule has 0 radical (unpaired) electrons. The predicted molar refractivity (Wildman–Crippen MR) is 130 cm³/mol. The molecule has 31 heavy (non-hydrogen) atoms. The van der Waals surface area contributed by atoms with Crippen LogP contribution in [0.25, 0.3) is 11.1 Å². The Hall–Kier alpha value is -2.96. The van der Waals surface area contributed by atoms with E-state index in [1.807, 2.05) is 79.7 Å². The van der Waals surface area contributed by atoms with Crippen LogP contribution < -0.4 is 10.6 Å². The number of nitrogens with zero attached hydrogens (tertiary/aromatic N) is 1. The lowest BCUT2D eigenvalue weighted by Gasteiger charge is -2.24. The highest BCUT2D eigenvalue weighted by molar-refractivity contribution is 9.10. The Morgan fingerprint density at radius 3 is 2.32 bits per heavy atom. The smallest absolute Gasteiger partial charge is 0.241 e. The van der Waals surface area contributed by atoms with Crippen LogP contribution in [0.1, 0.15) is 12.5 Å². The number of halogens is 1. The lowest BCUT2D eigenvalue weighted by molar-refractivity contribution is -0.122. The minimum absolute atomic E-state index is 0.102. The lowest BCUT2D eigenvalue weighted by atomic mass is 10.0. The van der Waals surface area contributed by atoms with Crippen molar-refractivity contribution in [1.29, 1.82) is 0 Å². The molecule has 0 aliphatic carbocycles. The van der Waals surface area contributed by atoms with Crippen LogP contribution in [0.15, 0.2) is 77.3 Å². The second-order valence-electron chi connectivity index (χ2n) is 7.50. The number of likely N-dealkylation sites (N-methyl/N-ethyl adjacent to an activating group) is 1. The Labute approximate surface area is 191 Å². The molecule has 3 aromatic rings. The van der Waals surface area contributed by atoms with E-state index in [1.54, 1.807) is 18.9 Å². The van der Waals surface area contributed by atoms with Gasteiger partial charge in [-0.2, -0.15) is 0 Å². The summed E-state index contributed by atoms with van der Waals surface area (Å²) in [5.74, 6) is -0.337. The van der Waals surface area contributed by atoms with Crippen LogP contribution in [0.5, 0.6) is 0 Å². The number of hydrogen-bond acceptors (Lipinski definition) is 3. The maximum absolute atomic E-state index is 12.9. The normalized spacial score (nSPS) is 11.8. The van der Waals surface area contributed by atoms with Gasteiger partial charge in [-0.1, -0.05) is 64.5 Å². The highest BCUT2D eigenvalue weighted by Gasteiger charge is 2.21. The van der Waals surface area contributed by atoms with Gasteiger partial charge in [-0.25, -0.2) is 0 Å². The van der Waals surface area contributed by atoms with Crippen LogP contribution in [-0.4, -0.2) is 36.3 Å². The molecule has 0 heterocycles. The Bertz CT molecular complexity index is 1070. The van der Waals surface area contributed by atoms with Crippen LogP contribution in [0, 0.1) is 6.92 Å². The lowest BCUT2D eigenvalue weighted by Crippen LogP contribution is -2.43. The third-order valence-corrected chi connectivity index (χ3v) is 5.66. The molecule has 1 atom stereocenters. The van der Waals surface area contributed by atoms with Crippen molar-refractivity contribution in [3.8, 4) is 11.1 Å². The van der Waals surface area contributed by atoms with Crippen LogP contribution in [0.2, 0.25) is 0 Å². The van der Waals surface area contributed by atoms with Gasteiger partial charge in [0.25, 0.3) is 0 Å². The van der Waals surface area contributed by atoms with Gasteiger partial charge in [0.05, 0.1) is 12.6 Å². The van der Waals surface area contributed by atoms with E-state index in [2.05, 4.69) is 26.6 Å². The zero-order valence-corrected chi connectivity index (χ0v) is 19.4. The average Bonchev–Trinajstić information content (AvgIpc) is 2.76. The molecule has 5 nitrogen and oxygen atoms in total. The predicted octanol–water partition coefficient (Wildman–Crippen LogP) is 5.32. The zero-order chi connectivity index (χ0) is 22.4. The molecular formula is C25H26BrN3O2. The molecule has 0 bridgehead atoms. The molecule has 0 aliphatic heterocycles. The van der Waals surface area contributed by atoms with Gasteiger partial charge in [-0.15, -0.1) is 0 Å². The van der Waals surface area contributed by atoms with E-state index in [-0.39, 0.29) is 18.4 Å². The van der Waals surface area contributed by atoms with Crippen LogP contribution in [-0.2, 0) is 9.59 Å². The first-order valence-electron chi connectivity index (χ1n) is 10.1. The molecule has 0 unspecified atom stereocenters. The van der Waals surface area contributed by atoms with Gasteiger partial charge in [-0.05, 0) is 56.3 Å². The summed E-state index contributed by atoms with van der Waals surface area (Å²) in [6.45, 7) is 3.83. The average molecular weight is 480 g/mol. The zero-order valence-electron chi connectivity index (χ0n) is 17.9. The topological polar surface area (TPSA) is 61.4 Å². The molecule has 3 aromatic carbocycles. The summed E-state index contributed by atoms with van der Waals surface area (Å²) in [6, 6.07) is 22.8. The number of nitrogens with one attached hydrogen (secondary N) is 2. The summed E-state index contributed by atoms with van der Waals surface area (Å²) in [6.07, 6.45) is 0.